The van der Waals surface area contributed by atoms with E-state index in [9.17, 15) is 0 Å². The summed E-state index contributed by atoms with van der Waals surface area (Å²) in [5.74, 6) is 0. The molecule has 0 fully saturated rings. The lowest BCUT2D eigenvalue weighted by molar-refractivity contribution is 0.336. The van der Waals surface area contributed by atoms with Crippen molar-refractivity contribution in [2.24, 2.45) is 0 Å². The molecule has 2 rings (SSSR count). The monoisotopic (exact) mass is 269 g/mol. The highest BCUT2D eigenvalue weighted by Crippen LogP contribution is 2.22. The molecule has 1 heterocycles. The van der Waals surface area contributed by atoms with Crippen LogP contribution >= 0.6 is 23.8 Å². The summed E-state index contributed by atoms with van der Waals surface area (Å²) in [4.78, 5) is 5.42. The van der Waals surface area contributed by atoms with E-state index in [0.29, 0.717) is 0 Å². The van der Waals surface area contributed by atoms with E-state index in [4.69, 9.17) is 23.8 Å². The Bertz CT molecular complexity index is 573. The van der Waals surface area contributed by atoms with Gasteiger partial charge in [-0.15, -0.1) is 0 Å². The van der Waals surface area contributed by atoms with Gasteiger partial charge in [-0.3, -0.25) is 0 Å². The molecule has 0 saturated carbocycles. The van der Waals surface area contributed by atoms with Crippen molar-refractivity contribution in [2.75, 3.05) is 20.1 Å². The van der Waals surface area contributed by atoms with E-state index in [1.165, 1.54) is 0 Å². The first-order chi connectivity index (χ1) is 8.13. The van der Waals surface area contributed by atoms with Gasteiger partial charge in [-0.25, -0.2) is 0 Å². The number of likely N-dealkylation sites (N-methyl/N-ethyl adjacent to an activating group) is 1. The molecular weight excluding hydrogens is 254 g/mol. The van der Waals surface area contributed by atoms with Gasteiger partial charge in [-0.1, -0.05) is 24.6 Å². The van der Waals surface area contributed by atoms with Crippen molar-refractivity contribution in [3.63, 3.8) is 0 Å². The first kappa shape index (κ1) is 12.6. The molecule has 0 spiro atoms. The number of hydrogen-bond acceptors (Lipinski definition) is 2. The van der Waals surface area contributed by atoms with Crippen LogP contribution in [0.15, 0.2) is 18.2 Å². The van der Waals surface area contributed by atoms with Crippen molar-refractivity contribution in [1.29, 1.82) is 0 Å². The molecule has 0 atom stereocenters. The Kier molecular flexibility index (Phi) is 3.86. The highest BCUT2D eigenvalue weighted by Gasteiger charge is 2.07. The second-order valence-electron chi connectivity index (χ2n) is 4.11. The molecule has 1 aromatic carbocycles. The van der Waals surface area contributed by atoms with Crippen molar-refractivity contribution in [1.82, 2.24) is 14.5 Å². The number of aromatic amines is 1. The molecular formula is C12H16ClN3S. The Hall–Kier alpha value is -0.840. The van der Waals surface area contributed by atoms with Gasteiger partial charge in [0.15, 0.2) is 4.77 Å². The van der Waals surface area contributed by atoms with Crippen LogP contribution in [0.3, 0.4) is 0 Å². The van der Waals surface area contributed by atoms with Gasteiger partial charge in [0.1, 0.15) is 0 Å². The van der Waals surface area contributed by atoms with Crippen LogP contribution in [0, 0.1) is 4.77 Å². The Morgan fingerprint density at radius 3 is 2.94 bits per heavy atom. The molecule has 3 nitrogen and oxygen atoms in total. The second-order valence-corrected chi connectivity index (χ2v) is 4.91. The molecule has 17 heavy (non-hydrogen) atoms. The first-order valence-corrected chi connectivity index (χ1v) is 6.47. The van der Waals surface area contributed by atoms with E-state index in [1.807, 2.05) is 18.2 Å². The SMILES string of the molecule is CCN(C)CCn1c(=S)[nH]c2c(Cl)cccc21. The van der Waals surface area contributed by atoms with E-state index < -0.39 is 0 Å². The molecule has 1 aromatic heterocycles. The van der Waals surface area contributed by atoms with Crippen molar-refractivity contribution in [3.05, 3.63) is 28.0 Å². The summed E-state index contributed by atoms with van der Waals surface area (Å²) in [6.45, 7) is 5.04. The lowest BCUT2D eigenvalue weighted by atomic mass is 10.3. The van der Waals surface area contributed by atoms with Crippen molar-refractivity contribution in [3.8, 4) is 0 Å². The zero-order valence-corrected chi connectivity index (χ0v) is 11.6. The lowest BCUT2D eigenvalue weighted by Crippen LogP contribution is -2.22. The predicted molar refractivity (Wildman–Crippen MR) is 75.3 cm³/mol. The molecule has 92 valence electrons. The molecule has 2 aromatic rings. The zero-order chi connectivity index (χ0) is 12.4. The molecule has 0 aliphatic heterocycles. The smallest absolute Gasteiger partial charge is 0.178 e. The van der Waals surface area contributed by atoms with Crippen LogP contribution in [0.2, 0.25) is 5.02 Å². The number of halogens is 1. The number of nitrogens with zero attached hydrogens (tertiary/aromatic N) is 2. The molecule has 0 unspecified atom stereocenters. The minimum Gasteiger partial charge on any atom is -0.329 e. The maximum Gasteiger partial charge on any atom is 0.178 e. The van der Waals surface area contributed by atoms with Gasteiger partial charge >= 0.3 is 0 Å². The summed E-state index contributed by atoms with van der Waals surface area (Å²) in [6, 6.07) is 5.87. The minimum atomic E-state index is 0.719. The minimum absolute atomic E-state index is 0.719. The number of nitrogens with one attached hydrogen (secondary N) is 1. The molecule has 5 heteroatoms. The van der Waals surface area contributed by atoms with Gasteiger partial charge < -0.3 is 14.5 Å². The molecule has 0 radical (unpaired) electrons. The number of aromatic nitrogens is 2. The van der Waals surface area contributed by atoms with Gasteiger partial charge in [0.2, 0.25) is 0 Å². The number of H-pyrrole nitrogens is 1. The van der Waals surface area contributed by atoms with Gasteiger partial charge in [0, 0.05) is 13.1 Å². The molecule has 0 saturated heterocycles. The Labute approximate surface area is 111 Å². The van der Waals surface area contributed by atoms with E-state index in [1.54, 1.807) is 0 Å². The maximum atomic E-state index is 6.13. The fourth-order valence-electron chi connectivity index (χ4n) is 1.80. The molecule has 0 aliphatic rings. The van der Waals surface area contributed by atoms with E-state index in [2.05, 4.69) is 28.4 Å². The lowest BCUT2D eigenvalue weighted by Gasteiger charge is -2.14. The number of para-hydroxylation sites is 1. The van der Waals surface area contributed by atoms with Crippen molar-refractivity contribution in [2.45, 2.75) is 13.5 Å². The van der Waals surface area contributed by atoms with E-state index in [-0.39, 0.29) is 0 Å². The van der Waals surface area contributed by atoms with E-state index >= 15 is 0 Å². The predicted octanol–water partition coefficient (Wildman–Crippen LogP) is 3.30. The van der Waals surface area contributed by atoms with Crippen LogP contribution in [0.25, 0.3) is 11.0 Å². The summed E-state index contributed by atoms with van der Waals surface area (Å²) in [7, 11) is 2.10. The van der Waals surface area contributed by atoms with Crippen LogP contribution in [0.5, 0.6) is 0 Å². The third kappa shape index (κ3) is 2.54. The van der Waals surface area contributed by atoms with Gasteiger partial charge in [0.25, 0.3) is 0 Å². The van der Waals surface area contributed by atoms with Crippen molar-refractivity contribution < 1.29 is 0 Å². The Morgan fingerprint density at radius 1 is 1.47 bits per heavy atom. The number of hydrogen-bond donors (Lipinski definition) is 1. The number of fused-ring (bicyclic) bond motifs is 1. The molecule has 1 N–H and O–H groups in total. The summed E-state index contributed by atoms with van der Waals surface area (Å²) >= 11 is 11.5. The Morgan fingerprint density at radius 2 is 2.24 bits per heavy atom. The Balaban J connectivity index is 2.37. The molecule has 0 amide bonds. The standard InChI is InChI=1S/C12H16ClN3S/c1-3-15(2)7-8-16-10-6-4-5-9(13)11(10)14-12(16)17/h4-6H,3,7-8H2,1-2H3,(H,14,17). The van der Waals surface area contributed by atoms with Gasteiger partial charge in [-0.05, 0) is 37.9 Å². The highest BCUT2D eigenvalue weighted by atomic mass is 35.5. The average Bonchev–Trinajstić information content (AvgIpc) is 2.64. The van der Waals surface area contributed by atoms with Gasteiger partial charge in [0.05, 0.1) is 16.1 Å². The van der Waals surface area contributed by atoms with Crippen LogP contribution < -0.4 is 0 Å². The highest BCUT2D eigenvalue weighted by molar-refractivity contribution is 7.71. The van der Waals surface area contributed by atoms with Crippen LogP contribution in [0.1, 0.15) is 6.92 Å². The molecule has 0 bridgehead atoms. The fraction of sp³-hybridized carbons (Fsp3) is 0.417. The van der Waals surface area contributed by atoms with Crippen molar-refractivity contribution >= 4 is 34.9 Å². The number of imidazole rings is 1. The zero-order valence-electron chi connectivity index (χ0n) is 10.0. The van der Waals surface area contributed by atoms with Crippen LogP contribution in [-0.2, 0) is 6.54 Å². The quantitative estimate of drug-likeness (QED) is 0.861. The number of benzene rings is 1. The summed E-state index contributed by atoms with van der Waals surface area (Å²) in [5.41, 5.74) is 2.00. The molecule has 0 aliphatic carbocycles. The summed E-state index contributed by atoms with van der Waals surface area (Å²) < 4.78 is 2.83. The summed E-state index contributed by atoms with van der Waals surface area (Å²) in [6.07, 6.45) is 0. The third-order valence-electron chi connectivity index (χ3n) is 3.00. The normalized spacial score (nSPS) is 11.5. The summed E-state index contributed by atoms with van der Waals surface area (Å²) in [5, 5.41) is 0.719. The first-order valence-electron chi connectivity index (χ1n) is 5.69. The third-order valence-corrected chi connectivity index (χ3v) is 3.64. The van der Waals surface area contributed by atoms with Crippen LogP contribution in [0.4, 0.5) is 0 Å². The number of rotatable bonds is 4. The van der Waals surface area contributed by atoms with Gasteiger partial charge in [-0.2, -0.15) is 0 Å². The average molecular weight is 270 g/mol. The van der Waals surface area contributed by atoms with E-state index in [0.717, 1.165) is 40.5 Å². The maximum absolute atomic E-state index is 6.13. The fourth-order valence-corrected chi connectivity index (χ4v) is 2.30. The largest absolute Gasteiger partial charge is 0.329 e. The topological polar surface area (TPSA) is 24.0 Å². The van der Waals surface area contributed by atoms with Crippen LogP contribution in [-0.4, -0.2) is 34.6 Å². The second kappa shape index (κ2) is 5.21.